The van der Waals surface area contributed by atoms with Crippen molar-refractivity contribution in [2.24, 2.45) is 11.1 Å². The van der Waals surface area contributed by atoms with Crippen molar-refractivity contribution in [1.82, 2.24) is 9.97 Å². The highest BCUT2D eigenvalue weighted by atomic mass is 32.2. The molecule has 0 bridgehead atoms. The van der Waals surface area contributed by atoms with Crippen molar-refractivity contribution >= 4 is 27.6 Å². The highest BCUT2D eigenvalue weighted by Crippen LogP contribution is 2.28. The van der Waals surface area contributed by atoms with Gasteiger partial charge in [0, 0.05) is 18.1 Å². The monoisotopic (exact) mass is 405 g/mol. The smallest absolute Gasteiger partial charge is 0.246 e. The molecule has 152 valence electrons. The van der Waals surface area contributed by atoms with E-state index in [9.17, 15) is 13.2 Å². The topological polar surface area (TPSA) is 130 Å². The van der Waals surface area contributed by atoms with E-state index < -0.39 is 16.1 Å². The second-order valence-corrected chi connectivity index (χ2v) is 8.95. The normalized spacial score (nSPS) is 16.5. The summed E-state index contributed by atoms with van der Waals surface area (Å²) >= 11 is 0. The van der Waals surface area contributed by atoms with Gasteiger partial charge in [-0.25, -0.2) is 18.5 Å². The zero-order valence-corrected chi connectivity index (χ0v) is 16.8. The fraction of sp³-hybridized carbons (Fsp3) is 0.474. The second-order valence-electron chi connectivity index (χ2n) is 7.39. The molecule has 8 nitrogen and oxygen atoms in total. The number of imidazole rings is 1. The number of hydrogen-bond acceptors (Lipinski definition) is 5. The molecular formula is C19H27N5O3S. The number of anilines is 2. The lowest BCUT2D eigenvalue weighted by Gasteiger charge is -2.26. The van der Waals surface area contributed by atoms with Crippen LogP contribution in [-0.2, 0) is 14.8 Å². The largest absolute Gasteiger partial charge is 0.344 e. The first-order chi connectivity index (χ1) is 13.3. The fourth-order valence-corrected chi connectivity index (χ4v) is 4.17. The van der Waals surface area contributed by atoms with Crippen LogP contribution in [0.4, 0.5) is 11.6 Å². The minimum Gasteiger partial charge on any atom is -0.344 e. The Morgan fingerprint density at radius 2 is 2.07 bits per heavy atom. The summed E-state index contributed by atoms with van der Waals surface area (Å²) in [5, 5.41) is 11.2. The SMILES string of the molecule is Cc1ccc(S(N)(=O)=O)cc1NC(=O)[C@@H](CC1CCCCC1)Nc1ncc[nH]1. The van der Waals surface area contributed by atoms with Crippen LogP contribution in [0.25, 0.3) is 0 Å². The number of primary sulfonamides is 1. The average Bonchev–Trinajstić information content (AvgIpc) is 3.16. The lowest BCUT2D eigenvalue weighted by Crippen LogP contribution is -2.37. The van der Waals surface area contributed by atoms with Crippen LogP contribution in [0.15, 0.2) is 35.5 Å². The number of hydrogen-bond donors (Lipinski definition) is 4. The fourth-order valence-electron chi connectivity index (χ4n) is 3.63. The van der Waals surface area contributed by atoms with Crippen molar-refractivity contribution in [2.75, 3.05) is 10.6 Å². The van der Waals surface area contributed by atoms with Crippen molar-refractivity contribution < 1.29 is 13.2 Å². The van der Waals surface area contributed by atoms with E-state index in [-0.39, 0.29) is 10.8 Å². The molecule has 0 radical (unpaired) electrons. The molecule has 5 N–H and O–H groups in total. The van der Waals surface area contributed by atoms with Crippen molar-refractivity contribution in [3.05, 3.63) is 36.2 Å². The van der Waals surface area contributed by atoms with Gasteiger partial charge in [0.15, 0.2) is 0 Å². The molecule has 1 heterocycles. The van der Waals surface area contributed by atoms with E-state index in [2.05, 4.69) is 20.6 Å². The number of aromatic nitrogens is 2. The second kappa shape index (κ2) is 8.74. The molecule has 1 atom stereocenters. The van der Waals surface area contributed by atoms with Crippen LogP contribution in [0.2, 0.25) is 0 Å². The number of H-pyrrole nitrogens is 1. The number of amides is 1. The molecule has 9 heteroatoms. The van der Waals surface area contributed by atoms with Gasteiger partial charge in [0.2, 0.25) is 21.9 Å². The molecule has 28 heavy (non-hydrogen) atoms. The number of carbonyl (C=O) groups excluding carboxylic acids is 1. The van der Waals surface area contributed by atoms with Gasteiger partial charge in [-0.1, -0.05) is 38.2 Å². The standard InChI is InChI=1S/C19H27N5O3S/c1-13-7-8-15(28(20,26)27)12-16(13)23-18(25)17(24-19-21-9-10-22-19)11-14-5-3-2-4-6-14/h7-10,12,14,17H,2-6,11H2,1H3,(H,23,25)(H2,20,26,27)(H2,21,22,24)/t17-/m1/s1. The lowest BCUT2D eigenvalue weighted by atomic mass is 9.84. The molecule has 1 amide bonds. The summed E-state index contributed by atoms with van der Waals surface area (Å²) < 4.78 is 23.3. The average molecular weight is 406 g/mol. The summed E-state index contributed by atoms with van der Waals surface area (Å²) in [5.74, 6) is 0.784. The Bertz CT molecular complexity index is 906. The maximum atomic E-state index is 13.0. The molecule has 1 aromatic heterocycles. The lowest BCUT2D eigenvalue weighted by molar-refractivity contribution is -0.117. The van der Waals surface area contributed by atoms with Gasteiger partial charge in [0.05, 0.1) is 4.90 Å². The van der Waals surface area contributed by atoms with Crippen LogP contribution in [0.1, 0.15) is 44.1 Å². The number of aromatic amines is 1. The van der Waals surface area contributed by atoms with E-state index in [0.717, 1.165) is 18.4 Å². The van der Waals surface area contributed by atoms with Crippen molar-refractivity contribution in [3.8, 4) is 0 Å². The van der Waals surface area contributed by atoms with E-state index >= 15 is 0 Å². The zero-order chi connectivity index (χ0) is 20.1. The van der Waals surface area contributed by atoms with E-state index in [0.29, 0.717) is 24.0 Å². The number of aryl methyl sites for hydroxylation is 1. The molecular weight excluding hydrogens is 378 g/mol. The van der Waals surface area contributed by atoms with Crippen LogP contribution in [-0.4, -0.2) is 30.3 Å². The molecule has 0 unspecified atom stereocenters. The molecule has 0 spiro atoms. The maximum absolute atomic E-state index is 13.0. The van der Waals surface area contributed by atoms with Crippen LogP contribution in [0.3, 0.4) is 0 Å². The van der Waals surface area contributed by atoms with Crippen LogP contribution in [0, 0.1) is 12.8 Å². The Morgan fingerprint density at radius 1 is 1.32 bits per heavy atom. The summed E-state index contributed by atoms with van der Waals surface area (Å²) in [6.45, 7) is 1.80. The molecule has 1 aliphatic carbocycles. The highest BCUT2D eigenvalue weighted by molar-refractivity contribution is 7.89. The number of rotatable bonds is 7. The van der Waals surface area contributed by atoms with Crippen LogP contribution in [0.5, 0.6) is 0 Å². The zero-order valence-electron chi connectivity index (χ0n) is 15.9. The van der Waals surface area contributed by atoms with Crippen molar-refractivity contribution in [1.29, 1.82) is 0 Å². The summed E-state index contributed by atoms with van der Waals surface area (Å²) in [6, 6.07) is 3.98. The minimum atomic E-state index is -3.84. The predicted octanol–water partition coefficient (Wildman–Crippen LogP) is 2.76. The van der Waals surface area contributed by atoms with Gasteiger partial charge in [0.25, 0.3) is 0 Å². The first kappa shape index (κ1) is 20.3. The summed E-state index contributed by atoms with van der Waals surface area (Å²) in [5.41, 5.74) is 1.20. The van der Waals surface area contributed by atoms with Gasteiger partial charge in [-0.3, -0.25) is 4.79 Å². The number of nitrogens with one attached hydrogen (secondary N) is 3. The molecule has 1 aromatic carbocycles. The maximum Gasteiger partial charge on any atom is 0.246 e. The van der Waals surface area contributed by atoms with Crippen molar-refractivity contribution in [3.63, 3.8) is 0 Å². The summed E-state index contributed by atoms with van der Waals surface area (Å²) in [7, 11) is -3.84. The summed E-state index contributed by atoms with van der Waals surface area (Å²) in [4.78, 5) is 20.1. The number of nitrogens with two attached hydrogens (primary N) is 1. The quantitative estimate of drug-likeness (QED) is 0.563. The van der Waals surface area contributed by atoms with Gasteiger partial charge in [0.1, 0.15) is 6.04 Å². The number of nitrogens with zero attached hydrogens (tertiary/aromatic N) is 1. The Morgan fingerprint density at radius 3 is 2.71 bits per heavy atom. The molecule has 0 aliphatic heterocycles. The van der Waals surface area contributed by atoms with E-state index in [1.165, 1.54) is 31.4 Å². The van der Waals surface area contributed by atoms with Gasteiger partial charge >= 0.3 is 0 Å². The van der Waals surface area contributed by atoms with Crippen molar-refractivity contribution in [2.45, 2.75) is 56.4 Å². The van der Waals surface area contributed by atoms with Gasteiger partial charge in [-0.15, -0.1) is 0 Å². The van der Waals surface area contributed by atoms with E-state index in [1.54, 1.807) is 25.4 Å². The first-order valence-corrected chi connectivity index (χ1v) is 11.1. The predicted molar refractivity (Wildman–Crippen MR) is 108 cm³/mol. The number of sulfonamides is 1. The Labute approximate surface area is 165 Å². The Hall–Kier alpha value is -2.39. The molecule has 3 rings (SSSR count). The van der Waals surface area contributed by atoms with Gasteiger partial charge in [-0.05, 0) is 37.0 Å². The molecule has 2 aromatic rings. The molecule has 1 aliphatic rings. The van der Waals surface area contributed by atoms with Gasteiger partial charge in [-0.2, -0.15) is 0 Å². The third kappa shape index (κ3) is 5.32. The van der Waals surface area contributed by atoms with Gasteiger partial charge < -0.3 is 15.6 Å². The van der Waals surface area contributed by atoms with E-state index in [1.807, 2.05) is 0 Å². The minimum absolute atomic E-state index is 0.0313. The first-order valence-electron chi connectivity index (χ1n) is 9.53. The summed E-state index contributed by atoms with van der Waals surface area (Å²) in [6.07, 6.45) is 9.87. The molecule has 1 fully saturated rings. The molecule has 1 saturated carbocycles. The third-order valence-electron chi connectivity index (χ3n) is 5.21. The number of benzene rings is 1. The third-order valence-corrected chi connectivity index (χ3v) is 6.13. The Balaban J connectivity index is 1.78. The van der Waals surface area contributed by atoms with Crippen LogP contribution < -0.4 is 15.8 Å². The molecule has 0 saturated heterocycles. The van der Waals surface area contributed by atoms with E-state index in [4.69, 9.17) is 5.14 Å². The van der Waals surface area contributed by atoms with Crippen LogP contribution >= 0.6 is 0 Å². The Kier molecular flexibility index (Phi) is 6.35. The number of carbonyl (C=O) groups is 1. The highest BCUT2D eigenvalue weighted by Gasteiger charge is 2.25.